The Balaban J connectivity index is 1.82. The van der Waals surface area contributed by atoms with Crippen LogP contribution in [-0.2, 0) is 14.3 Å². The van der Waals surface area contributed by atoms with Gasteiger partial charge in [-0.05, 0) is 30.9 Å². The van der Waals surface area contributed by atoms with Gasteiger partial charge in [0.15, 0.2) is 0 Å². The minimum atomic E-state index is -0.936. The number of esters is 2. The topological polar surface area (TPSA) is 99.0 Å². The zero-order valence-corrected chi connectivity index (χ0v) is 14.0. The first-order valence-electron chi connectivity index (χ1n) is 8.36. The Morgan fingerprint density at radius 1 is 1.40 bits per heavy atom. The Labute approximate surface area is 144 Å². The molecule has 1 aromatic carbocycles. The van der Waals surface area contributed by atoms with E-state index in [9.17, 15) is 19.7 Å². The third-order valence-electron chi connectivity index (χ3n) is 4.54. The maximum atomic E-state index is 12.2. The lowest BCUT2D eigenvalue weighted by atomic mass is 9.99. The Kier molecular flexibility index (Phi) is 4.87. The van der Waals surface area contributed by atoms with Crippen molar-refractivity contribution < 1.29 is 24.0 Å². The number of cyclic esters (lactones) is 1. The molecule has 2 aliphatic heterocycles. The average Bonchev–Trinajstić information content (AvgIpc) is 2.99. The van der Waals surface area contributed by atoms with Crippen molar-refractivity contribution in [2.75, 3.05) is 24.6 Å². The number of carbonyl (C=O) groups excluding carboxylic acids is 2. The lowest BCUT2D eigenvalue weighted by Crippen LogP contribution is -2.34. The minimum absolute atomic E-state index is 0.0557. The molecule has 8 heteroatoms. The highest BCUT2D eigenvalue weighted by molar-refractivity contribution is 5.93. The maximum Gasteiger partial charge on any atom is 0.347 e. The van der Waals surface area contributed by atoms with Gasteiger partial charge in [0.1, 0.15) is 5.69 Å². The molecule has 2 fully saturated rings. The van der Waals surface area contributed by atoms with Crippen molar-refractivity contribution in [2.24, 2.45) is 5.92 Å². The van der Waals surface area contributed by atoms with Gasteiger partial charge in [0.25, 0.3) is 5.69 Å². The molecule has 2 saturated heterocycles. The second-order valence-electron chi connectivity index (χ2n) is 6.50. The van der Waals surface area contributed by atoms with Gasteiger partial charge in [0.05, 0.1) is 17.1 Å². The molecule has 0 saturated carbocycles. The van der Waals surface area contributed by atoms with E-state index in [0.717, 1.165) is 25.9 Å². The number of nitro benzene ring substituents is 1. The summed E-state index contributed by atoms with van der Waals surface area (Å²) in [6, 6.07) is 4.31. The molecule has 0 N–H and O–H groups in total. The van der Waals surface area contributed by atoms with E-state index in [2.05, 4.69) is 6.92 Å². The number of hydrogen-bond acceptors (Lipinski definition) is 7. The Morgan fingerprint density at radius 2 is 2.20 bits per heavy atom. The maximum absolute atomic E-state index is 12.2. The number of ether oxygens (including phenoxy) is 2. The molecule has 0 radical (unpaired) electrons. The molecule has 2 atom stereocenters. The molecule has 8 nitrogen and oxygen atoms in total. The lowest BCUT2D eigenvalue weighted by Gasteiger charge is -2.32. The molecule has 3 rings (SSSR count). The summed E-state index contributed by atoms with van der Waals surface area (Å²) in [6.45, 7) is 3.83. The molecular formula is C17H20N2O6. The van der Waals surface area contributed by atoms with Crippen LogP contribution in [0.2, 0.25) is 0 Å². The van der Waals surface area contributed by atoms with Gasteiger partial charge < -0.3 is 14.4 Å². The van der Waals surface area contributed by atoms with E-state index in [1.54, 1.807) is 6.07 Å². The standard InChI is InChI=1S/C17H20N2O6/c1-11-3-2-7-18(10-11)13-5-4-12(9-14(13)19(22)23)16(20)25-15-6-8-24-17(15)21/h4-5,9,11,15H,2-3,6-8,10H2,1H3/t11-,15+/m0/s1. The smallest absolute Gasteiger partial charge is 0.347 e. The number of carbonyl (C=O) groups is 2. The van der Waals surface area contributed by atoms with Gasteiger partial charge in [0.2, 0.25) is 6.10 Å². The van der Waals surface area contributed by atoms with Crippen LogP contribution >= 0.6 is 0 Å². The zero-order chi connectivity index (χ0) is 18.0. The largest absolute Gasteiger partial charge is 0.463 e. The second kappa shape index (κ2) is 7.08. The summed E-state index contributed by atoms with van der Waals surface area (Å²) in [5.41, 5.74) is 0.436. The Bertz CT molecular complexity index is 704. The monoisotopic (exact) mass is 348 g/mol. The van der Waals surface area contributed by atoms with Crippen molar-refractivity contribution in [2.45, 2.75) is 32.3 Å². The van der Waals surface area contributed by atoms with Crippen LogP contribution in [0, 0.1) is 16.0 Å². The fraction of sp³-hybridized carbons (Fsp3) is 0.529. The Hall–Kier alpha value is -2.64. The van der Waals surface area contributed by atoms with E-state index >= 15 is 0 Å². The fourth-order valence-corrected chi connectivity index (χ4v) is 3.25. The van der Waals surface area contributed by atoms with Crippen LogP contribution in [0.1, 0.15) is 36.5 Å². The number of benzene rings is 1. The number of nitrogens with zero attached hydrogens (tertiary/aromatic N) is 2. The molecule has 0 spiro atoms. The SMILES string of the molecule is C[C@H]1CCCN(c2ccc(C(=O)O[C@@H]3CCOC3=O)cc2[N+](=O)[O-])C1. The van der Waals surface area contributed by atoms with E-state index in [1.807, 2.05) is 4.90 Å². The average molecular weight is 348 g/mol. The highest BCUT2D eigenvalue weighted by Gasteiger charge is 2.31. The van der Waals surface area contributed by atoms with E-state index < -0.39 is 23.0 Å². The van der Waals surface area contributed by atoms with Crippen LogP contribution in [-0.4, -0.2) is 42.7 Å². The van der Waals surface area contributed by atoms with Gasteiger partial charge in [0, 0.05) is 25.6 Å². The summed E-state index contributed by atoms with van der Waals surface area (Å²) in [6.07, 6.45) is 1.45. The summed E-state index contributed by atoms with van der Waals surface area (Å²) in [7, 11) is 0. The molecule has 0 unspecified atom stereocenters. The number of nitro groups is 1. The van der Waals surface area contributed by atoms with E-state index in [1.165, 1.54) is 12.1 Å². The van der Waals surface area contributed by atoms with Crippen LogP contribution in [0.3, 0.4) is 0 Å². The highest BCUT2D eigenvalue weighted by Crippen LogP contribution is 2.32. The normalized spacial score (nSPS) is 23.2. The van der Waals surface area contributed by atoms with Gasteiger partial charge in [-0.2, -0.15) is 0 Å². The molecule has 0 aliphatic carbocycles. The first-order valence-corrected chi connectivity index (χ1v) is 8.36. The molecule has 0 bridgehead atoms. The first kappa shape index (κ1) is 17.2. The molecule has 0 amide bonds. The predicted molar refractivity (Wildman–Crippen MR) is 88.5 cm³/mol. The van der Waals surface area contributed by atoms with Gasteiger partial charge in [-0.15, -0.1) is 0 Å². The first-order chi connectivity index (χ1) is 12.0. The molecule has 1 aromatic rings. The van der Waals surface area contributed by atoms with E-state index in [-0.39, 0.29) is 17.9 Å². The van der Waals surface area contributed by atoms with Crippen molar-refractivity contribution >= 4 is 23.3 Å². The summed E-state index contributed by atoms with van der Waals surface area (Å²) in [5, 5.41) is 11.5. The van der Waals surface area contributed by atoms with Gasteiger partial charge >= 0.3 is 11.9 Å². The summed E-state index contributed by atoms with van der Waals surface area (Å²) in [4.78, 5) is 36.5. The third kappa shape index (κ3) is 3.72. The van der Waals surface area contributed by atoms with Crippen LogP contribution in [0.5, 0.6) is 0 Å². The number of piperidine rings is 1. The van der Waals surface area contributed by atoms with Crippen molar-refractivity contribution in [1.82, 2.24) is 0 Å². The number of hydrogen-bond donors (Lipinski definition) is 0. The minimum Gasteiger partial charge on any atom is -0.463 e. The number of anilines is 1. The molecule has 0 aromatic heterocycles. The number of rotatable bonds is 4. The van der Waals surface area contributed by atoms with Crippen molar-refractivity contribution in [3.05, 3.63) is 33.9 Å². The van der Waals surface area contributed by atoms with E-state index in [0.29, 0.717) is 18.0 Å². The molecule has 2 heterocycles. The second-order valence-corrected chi connectivity index (χ2v) is 6.50. The quantitative estimate of drug-likeness (QED) is 0.467. The molecule has 134 valence electrons. The Morgan fingerprint density at radius 3 is 2.84 bits per heavy atom. The van der Waals surface area contributed by atoms with Gasteiger partial charge in [-0.3, -0.25) is 10.1 Å². The van der Waals surface area contributed by atoms with Crippen LogP contribution < -0.4 is 4.90 Å². The van der Waals surface area contributed by atoms with Crippen molar-refractivity contribution in [1.29, 1.82) is 0 Å². The van der Waals surface area contributed by atoms with Crippen LogP contribution in [0.15, 0.2) is 18.2 Å². The van der Waals surface area contributed by atoms with Crippen LogP contribution in [0.25, 0.3) is 0 Å². The fourth-order valence-electron chi connectivity index (χ4n) is 3.25. The summed E-state index contributed by atoms with van der Waals surface area (Å²) < 4.78 is 9.84. The molecular weight excluding hydrogens is 328 g/mol. The molecule has 2 aliphatic rings. The lowest BCUT2D eigenvalue weighted by molar-refractivity contribution is -0.384. The molecule has 25 heavy (non-hydrogen) atoms. The summed E-state index contributed by atoms with van der Waals surface area (Å²) in [5.74, 6) is -0.876. The van der Waals surface area contributed by atoms with Crippen LogP contribution in [0.4, 0.5) is 11.4 Å². The van der Waals surface area contributed by atoms with E-state index in [4.69, 9.17) is 9.47 Å². The summed E-state index contributed by atoms with van der Waals surface area (Å²) >= 11 is 0. The predicted octanol–water partition coefficient (Wildman–Crippen LogP) is 2.30. The van der Waals surface area contributed by atoms with Crippen molar-refractivity contribution in [3.63, 3.8) is 0 Å². The third-order valence-corrected chi connectivity index (χ3v) is 4.54. The highest BCUT2D eigenvalue weighted by atomic mass is 16.6. The zero-order valence-electron chi connectivity index (χ0n) is 14.0. The van der Waals surface area contributed by atoms with Gasteiger partial charge in [-0.1, -0.05) is 6.92 Å². The van der Waals surface area contributed by atoms with Crippen molar-refractivity contribution in [3.8, 4) is 0 Å². The van der Waals surface area contributed by atoms with Gasteiger partial charge in [-0.25, -0.2) is 9.59 Å².